The highest BCUT2D eigenvalue weighted by atomic mass is 16.4. The summed E-state index contributed by atoms with van der Waals surface area (Å²) < 4.78 is 0.844. The van der Waals surface area contributed by atoms with E-state index in [4.69, 9.17) is 62.5 Å². The van der Waals surface area contributed by atoms with Crippen LogP contribution in [-0.2, 0) is 4.79 Å². The van der Waals surface area contributed by atoms with Crippen LogP contribution in [0.2, 0.25) is 0 Å². The van der Waals surface area contributed by atoms with Crippen LogP contribution < -0.4 is 11.5 Å². The quantitative estimate of drug-likeness (QED) is 0.173. The summed E-state index contributed by atoms with van der Waals surface area (Å²) in [4.78, 5) is 9.65. The van der Waals surface area contributed by atoms with Gasteiger partial charge in [-0.25, -0.2) is 0 Å². The zero-order valence-electron chi connectivity index (χ0n) is 18.6. The van der Waals surface area contributed by atoms with Crippen LogP contribution in [-0.4, -0.2) is 158 Å². The van der Waals surface area contributed by atoms with E-state index in [0.29, 0.717) is 6.54 Å². The van der Waals surface area contributed by atoms with Crippen LogP contribution in [0.5, 0.6) is 0 Å². The van der Waals surface area contributed by atoms with Crippen LogP contribution in [0.25, 0.3) is 0 Å². The van der Waals surface area contributed by atoms with E-state index in [0.717, 1.165) is 11.0 Å². The molecule has 1 aliphatic rings. The van der Waals surface area contributed by atoms with Gasteiger partial charge in [-0.1, -0.05) is 0 Å². The molecule has 184 valence electrons. The second-order valence-electron chi connectivity index (χ2n) is 7.32. The van der Waals surface area contributed by atoms with Crippen LogP contribution in [0.4, 0.5) is 0 Å². The Labute approximate surface area is 176 Å². The third kappa shape index (κ3) is 15.8. The van der Waals surface area contributed by atoms with Crippen LogP contribution in [0.1, 0.15) is 1.43 Å². The number of nitrogens with two attached hydrogens (primary N) is 2. The van der Waals surface area contributed by atoms with Crippen LogP contribution >= 0.6 is 0 Å². The maximum absolute atomic E-state index is 9.65. The first-order valence-corrected chi connectivity index (χ1v) is 9.02. The van der Waals surface area contributed by atoms with Gasteiger partial charge in [-0.15, -0.1) is 0 Å². The molecule has 0 radical (unpaired) electrons. The average Bonchev–Trinajstić information content (AvgIpc) is 2.68. The molecule has 0 spiro atoms. The van der Waals surface area contributed by atoms with E-state index in [9.17, 15) is 4.79 Å². The lowest BCUT2D eigenvalue weighted by Crippen LogP contribution is -2.63. The summed E-state index contributed by atoms with van der Waals surface area (Å²) in [6.07, 6.45) is -9.84. The lowest BCUT2D eigenvalue weighted by atomic mass is 9.85. The number of carbonyl (C=O) groups is 1. The third-order valence-corrected chi connectivity index (χ3v) is 3.51. The van der Waals surface area contributed by atoms with E-state index < -0.39 is 55.2 Å². The molecule has 1 atom stereocenters. The molecule has 0 aliphatic heterocycles. The minimum atomic E-state index is -1.64. The van der Waals surface area contributed by atoms with Gasteiger partial charge in [0, 0.05) is 6.54 Å². The van der Waals surface area contributed by atoms with Gasteiger partial charge < -0.3 is 67.0 Å². The maximum atomic E-state index is 9.65. The molecule has 30 heavy (non-hydrogen) atoms. The van der Waals surface area contributed by atoms with E-state index in [-0.39, 0.29) is 14.6 Å². The monoisotopic (exact) mass is 451 g/mol. The zero-order valence-corrected chi connectivity index (χ0v) is 17.6. The topological polar surface area (TPSA) is 271 Å². The van der Waals surface area contributed by atoms with Gasteiger partial charge in [0.1, 0.15) is 49.2 Å². The van der Waals surface area contributed by atoms with Crippen LogP contribution in [0, 0.1) is 0 Å². The Bertz CT molecular complexity index is 372. The second kappa shape index (κ2) is 17.6. The summed E-state index contributed by atoms with van der Waals surface area (Å²) in [5, 5.41) is 85.9. The van der Waals surface area contributed by atoms with Gasteiger partial charge in [0.2, 0.25) is 0 Å². The zero-order chi connectivity index (χ0) is 24.7. The number of aliphatic hydroxyl groups excluding tert-OH is 9. The average molecular weight is 452 g/mol. The fourth-order valence-corrected chi connectivity index (χ4v) is 1.59. The van der Waals surface area contributed by atoms with Crippen LogP contribution in [0.3, 0.4) is 0 Å². The highest BCUT2D eigenvalue weighted by molar-refractivity contribution is 5.73. The summed E-state index contributed by atoms with van der Waals surface area (Å²) in [5.41, 5.74) is 9.54. The highest BCUT2D eigenvalue weighted by Crippen LogP contribution is 2.20. The number of likely N-dealkylation sites (N-methyl/N-ethyl adjacent to an activating group) is 1. The van der Waals surface area contributed by atoms with E-state index >= 15 is 0 Å². The molecular weight excluding hydrogens is 410 g/mol. The first-order valence-electron chi connectivity index (χ1n) is 9.02. The van der Waals surface area contributed by atoms with Crippen molar-refractivity contribution in [3.8, 4) is 0 Å². The highest BCUT2D eigenvalue weighted by Gasteiger charge is 2.47. The molecule has 1 saturated carbocycles. The number of aliphatic hydroxyl groups is 9. The Kier molecular flexibility index (Phi) is 19.8. The minimum Gasteiger partial charge on any atom is -0.480 e. The lowest BCUT2D eigenvalue weighted by molar-refractivity contribution is -0.870. The van der Waals surface area contributed by atoms with Gasteiger partial charge in [0.05, 0.1) is 41.0 Å². The Balaban J connectivity index is -0.000000168. The van der Waals surface area contributed by atoms with Gasteiger partial charge in [-0.3, -0.25) is 4.79 Å². The normalized spacial score (nSPS) is 29.1. The van der Waals surface area contributed by atoms with Gasteiger partial charge in [0.25, 0.3) is 0 Å². The molecule has 1 aliphatic carbocycles. The van der Waals surface area contributed by atoms with Crippen molar-refractivity contribution >= 4 is 5.97 Å². The molecule has 14 heteroatoms. The standard InChI is InChI=1S/C6H12O6.C5H14NO.C3H7NO3.C2H7NO/c7-1-2(8)4(10)6(12)5(11)3(1)9;1-6(2,3)4-5-7;4-2(1-5)3(6)7;3-1-2-4/h1-12H;7H,4-5H2,1-3H3;2,5H,1,4H2,(H,6,7);4H,1-3H2/q;+1;;/p+1/t;;2-;/m..0./s1. The molecule has 0 aromatic heterocycles. The van der Waals surface area contributed by atoms with Crippen molar-refractivity contribution in [3.05, 3.63) is 0 Å². The van der Waals surface area contributed by atoms with Crippen molar-refractivity contribution in [2.75, 3.05) is 54.1 Å². The Morgan fingerprint density at radius 2 is 1.10 bits per heavy atom. The number of aliphatic carboxylic acids is 1. The van der Waals surface area contributed by atoms with Crippen LogP contribution in [0.15, 0.2) is 0 Å². The largest absolute Gasteiger partial charge is 1.00 e. The van der Waals surface area contributed by atoms with E-state index in [2.05, 4.69) is 21.1 Å². The molecule has 1 rings (SSSR count). The van der Waals surface area contributed by atoms with Gasteiger partial charge in [-0.2, -0.15) is 0 Å². The molecular formula is C16H41N3O11+2. The SMILES string of the molecule is C[N+](C)(C)CCO.NCCO.N[C@@H](CO)C(=O)O.OC1C(O)C(O)C(O)C(O)C1O.[H+]. The number of hydrogen-bond donors (Lipinski definition) is 12. The maximum Gasteiger partial charge on any atom is 1.00 e. The number of carboxylic acids is 1. The Morgan fingerprint density at radius 3 is 1.13 bits per heavy atom. The smallest absolute Gasteiger partial charge is 0.480 e. The van der Waals surface area contributed by atoms with Gasteiger partial charge in [0.15, 0.2) is 0 Å². The first-order chi connectivity index (χ1) is 13.6. The molecule has 14 nitrogen and oxygen atoms in total. The molecule has 0 bridgehead atoms. The summed E-state index contributed by atoms with van der Waals surface area (Å²) in [6, 6.07) is -1.13. The molecule has 0 unspecified atom stereocenters. The fourth-order valence-electron chi connectivity index (χ4n) is 1.59. The van der Waals surface area contributed by atoms with E-state index in [1.807, 2.05) is 0 Å². The second-order valence-corrected chi connectivity index (χ2v) is 7.32. The summed E-state index contributed by atoms with van der Waals surface area (Å²) in [7, 11) is 6.16. The van der Waals surface area contributed by atoms with Crippen molar-refractivity contribution < 1.29 is 61.8 Å². The summed E-state index contributed by atoms with van der Waals surface area (Å²) in [5.74, 6) is -1.18. The molecule has 0 amide bonds. The fraction of sp³-hybridized carbons (Fsp3) is 0.938. The molecule has 0 aromatic carbocycles. The Hall–Kier alpha value is -1.01. The summed E-state index contributed by atoms with van der Waals surface area (Å²) >= 11 is 0. The van der Waals surface area contributed by atoms with E-state index in [1.165, 1.54) is 0 Å². The number of quaternary nitrogens is 1. The minimum absolute atomic E-state index is 0. The van der Waals surface area contributed by atoms with Gasteiger partial charge in [-0.05, 0) is 0 Å². The molecule has 1 fully saturated rings. The van der Waals surface area contributed by atoms with Crippen molar-refractivity contribution in [3.63, 3.8) is 0 Å². The van der Waals surface area contributed by atoms with Crippen molar-refractivity contribution in [2.45, 2.75) is 42.7 Å². The lowest BCUT2D eigenvalue weighted by Gasteiger charge is -2.39. The van der Waals surface area contributed by atoms with Gasteiger partial charge >= 0.3 is 7.40 Å². The number of nitrogens with zero attached hydrogens (tertiary/aromatic N) is 1. The molecule has 0 aromatic rings. The van der Waals surface area contributed by atoms with Crippen molar-refractivity contribution in [2.24, 2.45) is 11.5 Å². The van der Waals surface area contributed by atoms with E-state index in [1.54, 1.807) is 0 Å². The molecule has 0 saturated heterocycles. The Morgan fingerprint density at radius 1 is 0.833 bits per heavy atom. The predicted molar refractivity (Wildman–Crippen MR) is 106 cm³/mol. The number of rotatable bonds is 5. The third-order valence-electron chi connectivity index (χ3n) is 3.51. The molecule has 0 heterocycles. The number of carboxylic acid groups (broad SMARTS) is 1. The first kappa shape index (κ1) is 33.6. The molecule has 14 N–H and O–H groups in total. The number of hydrogen-bond acceptors (Lipinski definition) is 12. The predicted octanol–water partition coefficient (Wildman–Crippen LogP) is -6.71. The van der Waals surface area contributed by atoms with Crippen molar-refractivity contribution in [1.82, 2.24) is 0 Å². The summed E-state index contributed by atoms with van der Waals surface area (Å²) in [6.45, 7) is 1.08. The van der Waals surface area contributed by atoms with Crippen molar-refractivity contribution in [1.29, 1.82) is 0 Å².